The molecule has 5 rings (SSSR count). The largest absolute Gasteiger partial charge is 0.387 e. The normalized spacial score (nSPS) is 20.1. The number of tetrazole rings is 1. The number of hydrogen-bond acceptors (Lipinski definition) is 9. The number of pyridine rings is 1. The van der Waals surface area contributed by atoms with Crippen LogP contribution in [-0.2, 0) is 0 Å². The van der Waals surface area contributed by atoms with Gasteiger partial charge in [-0.05, 0) is 67.6 Å². The van der Waals surface area contributed by atoms with E-state index in [2.05, 4.69) is 30.3 Å². The van der Waals surface area contributed by atoms with Gasteiger partial charge in [0.1, 0.15) is 6.33 Å². The Morgan fingerprint density at radius 2 is 1.78 bits per heavy atom. The Morgan fingerprint density at radius 3 is 2.38 bits per heavy atom. The number of aromatic nitrogens is 5. The Hall–Kier alpha value is -2.98. The summed E-state index contributed by atoms with van der Waals surface area (Å²) >= 11 is 0. The minimum Gasteiger partial charge on any atom is -0.387 e. The standard InChI is InChI=1S/C22H27N7O3/c1-15-19(21(32)20(15)31)28-10-6-22(7-11-28)4-8-27(9-5-22)13-17(30)16-2-3-18(23-12-16)29-14-24-25-26-29/h2-3,12,14,17,30H,4-11,13H2,1H3/t17-/m0/s1. The van der Waals surface area contributed by atoms with Gasteiger partial charge in [-0.2, -0.15) is 4.68 Å². The average Bonchev–Trinajstić information content (AvgIpc) is 3.37. The molecular weight excluding hydrogens is 410 g/mol. The van der Waals surface area contributed by atoms with Gasteiger partial charge in [0.15, 0.2) is 5.82 Å². The molecule has 10 heteroatoms. The Morgan fingerprint density at radius 1 is 1.06 bits per heavy atom. The van der Waals surface area contributed by atoms with Crippen LogP contribution in [0.5, 0.6) is 0 Å². The predicted octanol–water partition coefficient (Wildman–Crippen LogP) is 0.378. The van der Waals surface area contributed by atoms with Gasteiger partial charge in [-0.15, -0.1) is 5.10 Å². The van der Waals surface area contributed by atoms with Crippen LogP contribution < -0.4 is 15.8 Å². The fourth-order valence-corrected chi connectivity index (χ4v) is 5.13. The average molecular weight is 438 g/mol. The van der Waals surface area contributed by atoms with E-state index in [0.717, 1.165) is 57.4 Å². The summed E-state index contributed by atoms with van der Waals surface area (Å²) in [6.45, 7) is 5.92. The van der Waals surface area contributed by atoms with Crippen molar-refractivity contribution in [2.75, 3.05) is 37.6 Å². The van der Waals surface area contributed by atoms with Crippen molar-refractivity contribution in [2.45, 2.75) is 38.7 Å². The van der Waals surface area contributed by atoms with Gasteiger partial charge in [0.2, 0.25) is 10.9 Å². The zero-order valence-corrected chi connectivity index (χ0v) is 18.1. The van der Waals surface area contributed by atoms with Gasteiger partial charge >= 0.3 is 0 Å². The van der Waals surface area contributed by atoms with Crippen LogP contribution in [0.15, 0.2) is 34.2 Å². The lowest BCUT2D eigenvalue weighted by Crippen LogP contribution is -2.50. The highest BCUT2D eigenvalue weighted by molar-refractivity contribution is 5.58. The van der Waals surface area contributed by atoms with Crippen molar-refractivity contribution in [3.63, 3.8) is 0 Å². The van der Waals surface area contributed by atoms with E-state index in [4.69, 9.17) is 0 Å². The SMILES string of the molecule is Cc1c(N2CCC3(CCN(C[C@H](O)c4ccc(-n5cnnn5)nc4)CC3)CC2)c(=O)c1=O. The summed E-state index contributed by atoms with van der Waals surface area (Å²) in [5.74, 6) is 0.608. The maximum Gasteiger partial charge on any atom is 0.249 e. The lowest BCUT2D eigenvalue weighted by molar-refractivity contribution is 0.0449. The molecule has 2 saturated heterocycles. The van der Waals surface area contributed by atoms with E-state index < -0.39 is 6.10 Å². The van der Waals surface area contributed by atoms with Gasteiger partial charge in [0.25, 0.3) is 0 Å². The van der Waals surface area contributed by atoms with Crippen molar-refractivity contribution in [1.82, 2.24) is 30.1 Å². The van der Waals surface area contributed by atoms with E-state index in [1.807, 2.05) is 6.07 Å². The maximum atomic E-state index is 11.9. The third kappa shape index (κ3) is 3.73. The number of aliphatic hydroxyl groups is 1. The van der Waals surface area contributed by atoms with Gasteiger partial charge in [0, 0.05) is 37.0 Å². The first-order valence-electron chi connectivity index (χ1n) is 11.1. The van der Waals surface area contributed by atoms with Crippen LogP contribution in [0.1, 0.15) is 42.9 Å². The van der Waals surface area contributed by atoms with Crippen molar-refractivity contribution in [3.8, 4) is 5.82 Å². The molecule has 0 saturated carbocycles. The fraction of sp³-hybridized carbons (Fsp3) is 0.545. The smallest absolute Gasteiger partial charge is 0.249 e. The van der Waals surface area contributed by atoms with Crippen molar-refractivity contribution in [3.05, 3.63) is 56.2 Å². The first-order valence-corrected chi connectivity index (χ1v) is 11.1. The number of aliphatic hydroxyl groups excluding tert-OH is 1. The predicted molar refractivity (Wildman–Crippen MR) is 118 cm³/mol. The van der Waals surface area contributed by atoms with Crippen LogP contribution in [0.3, 0.4) is 0 Å². The second-order valence-electron chi connectivity index (χ2n) is 9.14. The summed E-state index contributed by atoms with van der Waals surface area (Å²) in [4.78, 5) is 32.2. The highest BCUT2D eigenvalue weighted by Gasteiger charge is 2.39. The van der Waals surface area contributed by atoms with E-state index in [0.29, 0.717) is 29.0 Å². The second kappa shape index (κ2) is 8.18. The molecule has 1 spiro atoms. The molecule has 10 nitrogen and oxygen atoms in total. The molecule has 0 aliphatic carbocycles. The molecule has 32 heavy (non-hydrogen) atoms. The van der Waals surface area contributed by atoms with Crippen molar-refractivity contribution in [2.24, 2.45) is 5.41 Å². The zero-order chi connectivity index (χ0) is 22.3. The van der Waals surface area contributed by atoms with Crippen LogP contribution in [0.4, 0.5) is 5.69 Å². The molecule has 168 valence electrons. The van der Waals surface area contributed by atoms with Gasteiger partial charge < -0.3 is 14.9 Å². The van der Waals surface area contributed by atoms with Gasteiger partial charge in [-0.25, -0.2) is 4.98 Å². The Labute approximate surface area is 185 Å². The molecule has 0 radical (unpaired) electrons. The topological polar surface area (TPSA) is 117 Å². The number of piperidine rings is 2. The van der Waals surface area contributed by atoms with Crippen LogP contribution in [0.25, 0.3) is 5.82 Å². The third-order valence-electron chi connectivity index (χ3n) is 7.34. The van der Waals surface area contributed by atoms with Crippen molar-refractivity contribution < 1.29 is 5.11 Å². The molecule has 0 unspecified atom stereocenters. The molecular formula is C22H27N7O3. The summed E-state index contributed by atoms with van der Waals surface area (Å²) in [5.41, 5.74) is 1.70. The molecule has 1 atom stereocenters. The van der Waals surface area contributed by atoms with E-state index in [9.17, 15) is 14.7 Å². The number of anilines is 1. The third-order valence-corrected chi connectivity index (χ3v) is 7.34. The quantitative estimate of drug-likeness (QED) is 0.565. The molecule has 4 heterocycles. The van der Waals surface area contributed by atoms with E-state index >= 15 is 0 Å². The molecule has 0 amide bonds. The van der Waals surface area contributed by atoms with E-state index in [1.54, 1.807) is 19.2 Å². The Bertz CT molecular complexity index is 1130. The number of β-amino-alcohol motifs (C(OH)–C–C–N with tert-alkyl or cyclic N) is 1. The minimum atomic E-state index is -0.599. The molecule has 2 fully saturated rings. The molecule has 1 aromatic carbocycles. The molecule has 1 N–H and O–H groups in total. The highest BCUT2D eigenvalue weighted by atomic mass is 16.3. The maximum absolute atomic E-state index is 11.9. The monoisotopic (exact) mass is 437 g/mol. The minimum absolute atomic E-state index is 0.304. The number of likely N-dealkylation sites (tertiary alicyclic amines) is 1. The lowest BCUT2D eigenvalue weighted by atomic mass is 9.71. The van der Waals surface area contributed by atoms with Crippen LogP contribution >= 0.6 is 0 Å². The highest BCUT2D eigenvalue weighted by Crippen LogP contribution is 2.42. The summed E-state index contributed by atoms with van der Waals surface area (Å²) in [6, 6.07) is 3.66. The van der Waals surface area contributed by atoms with Crippen molar-refractivity contribution >= 4 is 5.69 Å². The molecule has 2 aliphatic heterocycles. The van der Waals surface area contributed by atoms with Gasteiger partial charge in [-0.3, -0.25) is 9.59 Å². The fourth-order valence-electron chi connectivity index (χ4n) is 5.13. The number of hydrogen-bond donors (Lipinski definition) is 1. The lowest BCUT2D eigenvalue weighted by Gasteiger charge is -2.47. The number of rotatable bonds is 5. The molecule has 3 aromatic rings. The van der Waals surface area contributed by atoms with Gasteiger partial charge in [0.05, 0.1) is 11.8 Å². The summed E-state index contributed by atoms with van der Waals surface area (Å²) in [7, 11) is 0. The summed E-state index contributed by atoms with van der Waals surface area (Å²) < 4.78 is 1.47. The van der Waals surface area contributed by atoms with Crippen LogP contribution in [0, 0.1) is 12.3 Å². The number of nitrogens with zero attached hydrogens (tertiary/aromatic N) is 7. The molecule has 0 bridgehead atoms. The molecule has 2 aromatic heterocycles. The first kappa shape index (κ1) is 20.9. The van der Waals surface area contributed by atoms with Gasteiger partial charge in [-0.1, -0.05) is 6.07 Å². The van der Waals surface area contributed by atoms with Crippen LogP contribution in [0.2, 0.25) is 0 Å². The Balaban J connectivity index is 1.13. The zero-order valence-electron chi connectivity index (χ0n) is 18.1. The van der Waals surface area contributed by atoms with Crippen molar-refractivity contribution in [1.29, 1.82) is 0 Å². The second-order valence-corrected chi connectivity index (χ2v) is 9.14. The Kier molecular flexibility index (Phi) is 5.34. The van der Waals surface area contributed by atoms with E-state index in [1.165, 1.54) is 11.0 Å². The summed E-state index contributed by atoms with van der Waals surface area (Å²) in [6.07, 6.45) is 6.83. The first-order chi connectivity index (χ1) is 15.5. The summed E-state index contributed by atoms with van der Waals surface area (Å²) in [5, 5.41) is 21.7. The molecule has 2 aliphatic rings. The van der Waals surface area contributed by atoms with Crippen LogP contribution in [-0.4, -0.2) is 67.9 Å². The van der Waals surface area contributed by atoms with E-state index in [-0.39, 0.29) is 10.9 Å².